The fourth-order valence-corrected chi connectivity index (χ4v) is 7.01. The van der Waals surface area contributed by atoms with Crippen LogP contribution in [0.3, 0.4) is 0 Å². The molecule has 2 aliphatic rings. The maximum Gasteiger partial charge on any atom is 0.348 e. The summed E-state index contributed by atoms with van der Waals surface area (Å²) in [6.07, 6.45) is 10.9. The molecule has 2 heterocycles. The molecule has 4 rings (SSSR count). The molecule has 36 heavy (non-hydrogen) atoms. The molecule has 0 unspecified atom stereocenters. The van der Waals surface area contributed by atoms with E-state index in [9.17, 15) is 14.7 Å². The number of carbonyl (C=O) groups excluding carboxylic acids is 1. The van der Waals surface area contributed by atoms with E-state index in [1.807, 2.05) is 30.9 Å². The molecule has 0 atom stereocenters. The zero-order chi connectivity index (χ0) is 25.7. The van der Waals surface area contributed by atoms with Gasteiger partial charge in [-0.15, -0.1) is 11.3 Å². The second-order valence-corrected chi connectivity index (χ2v) is 12.6. The number of thioether (sulfide) groups is 1. The van der Waals surface area contributed by atoms with Crippen molar-refractivity contribution >= 4 is 40.7 Å². The van der Waals surface area contributed by atoms with Crippen molar-refractivity contribution in [3.63, 3.8) is 0 Å². The number of carboxylic acids is 1. The summed E-state index contributed by atoms with van der Waals surface area (Å²) in [5.41, 5.74) is 0.534. The van der Waals surface area contributed by atoms with Crippen molar-refractivity contribution in [3.05, 3.63) is 34.3 Å². The van der Waals surface area contributed by atoms with E-state index < -0.39 is 5.97 Å². The van der Waals surface area contributed by atoms with Crippen LogP contribution in [-0.2, 0) is 4.79 Å². The van der Waals surface area contributed by atoms with E-state index in [4.69, 9.17) is 0 Å². The number of amides is 1. The molecular formula is C28H35N3O3S2. The van der Waals surface area contributed by atoms with Gasteiger partial charge in [-0.25, -0.2) is 14.8 Å². The molecule has 6 nitrogen and oxygen atoms in total. The Bertz CT molecular complexity index is 1110. The van der Waals surface area contributed by atoms with Gasteiger partial charge in [-0.3, -0.25) is 4.79 Å². The lowest BCUT2D eigenvalue weighted by Gasteiger charge is -2.39. The fraction of sp³-hybridized carbons (Fsp3) is 0.571. The Hall–Kier alpha value is -2.37. The van der Waals surface area contributed by atoms with E-state index in [1.165, 1.54) is 11.3 Å². The van der Waals surface area contributed by atoms with Crippen LogP contribution in [0.2, 0.25) is 0 Å². The number of thiophene rings is 1. The van der Waals surface area contributed by atoms with Gasteiger partial charge in [-0.05, 0) is 69.4 Å². The van der Waals surface area contributed by atoms with Crippen LogP contribution in [0, 0.1) is 29.6 Å². The molecule has 192 valence electrons. The molecule has 0 radical (unpaired) electrons. The van der Waals surface area contributed by atoms with E-state index in [0.717, 1.165) is 56.5 Å². The second kappa shape index (κ2) is 12.2. The van der Waals surface area contributed by atoms with Gasteiger partial charge in [0.05, 0.1) is 10.6 Å². The Morgan fingerprint density at radius 1 is 1.08 bits per heavy atom. The molecule has 0 saturated heterocycles. The number of anilines is 1. The predicted octanol–water partition coefficient (Wildman–Crippen LogP) is 6.51. The molecule has 0 bridgehead atoms. The first kappa shape index (κ1) is 26.7. The summed E-state index contributed by atoms with van der Waals surface area (Å²) in [4.78, 5) is 37.7. The highest BCUT2D eigenvalue weighted by Gasteiger charge is 2.37. The summed E-state index contributed by atoms with van der Waals surface area (Å²) in [5, 5.41) is 11.2. The predicted molar refractivity (Wildman–Crippen MR) is 146 cm³/mol. The zero-order valence-electron chi connectivity index (χ0n) is 21.3. The Morgan fingerprint density at radius 3 is 2.36 bits per heavy atom. The van der Waals surface area contributed by atoms with Crippen molar-refractivity contribution in [2.45, 2.75) is 88.6 Å². The van der Waals surface area contributed by atoms with Crippen LogP contribution in [0.4, 0.5) is 5.69 Å². The summed E-state index contributed by atoms with van der Waals surface area (Å²) in [6, 6.07) is 3.65. The highest BCUT2D eigenvalue weighted by atomic mass is 32.2. The fourth-order valence-electron chi connectivity index (χ4n) is 5.11. The van der Waals surface area contributed by atoms with Crippen molar-refractivity contribution in [3.8, 4) is 11.8 Å². The quantitative estimate of drug-likeness (QED) is 0.342. The summed E-state index contributed by atoms with van der Waals surface area (Å²) in [5.74, 6) is 6.15. The topological polar surface area (TPSA) is 83.4 Å². The van der Waals surface area contributed by atoms with Gasteiger partial charge in [0.1, 0.15) is 4.88 Å². The smallest absolute Gasteiger partial charge is 0.348 e. The summed E-state index contributed by atoms with van der Waals surface area (Å²) in [7, 11) is 0. The SMILES string of the molecule is CC(C)C#Cc1cc(N(C(=O)C2CCC(C)CC2)C2CCC(Sc3ncccn3)CC2)c(C(=O)O)s1. The van der Waals surface area contributed by atoms with Crippen LogP contribution in [0.15, 0.2) is 29.7 Å². The molecule has 0 aliphatic heterocycles. The largest absolute Gasteiger partial charge is 0.477 e. The Morgan fingerprint density at radius 2 is 1.75 bits per heavy atom. The van der Waals surface area contributed by atoms with E-state index in [1.54, 1.807) is 24.2 Å². The Labute approximate surface area is 222 Å². The molecule has 2 aromatic heterocycles. The van der Waals surface area contributed by atoms with Gasteiger partial charge >= 0.3 is 5.97 Å². The Balaban J connectivity index is 1.60. The summed E-state index contributed by atoms with van der Waals surface area (Å²) in [6.45, 7) is 6.27. The number of hydrogen-bond acceptors (Lipinski definition) is 6. The monoisotopic (exact) mass is 525 g/mol. The first-order valence-electron chi connectivity index (χ1n) is 13.0. The highest BCUT2D eigenvalue weighted by molar-refractivity contribution is 7.99. The second-order valence-electron chi connectivity index (χ2n) is 10.3. The first-order valence-corrected chi connectivity index (χ1v) is 14.7. The average molecular weight is 526 g/mol. The zero-order valence-corrected chi connectivity index (χ0v) is 22.9. The third-order valence-electron chi connectivity index (χ3n) is 7.08. The molecule has 2 saturated carbocycles. The van der Waals surface area contributed by atoms with Crippen molar-refractivity contribution in [2.75, 3.05) is 4.90 Å². The van der Waals surface area contributed by atoms with E-state index in [0.29, 0.717) is 21.7 Å². The van der Waals surface area contributed by atoms with Crippen molar-refractivity contribution in [2.24, 2.45) is 17.8 Å². The van der Waals surface area contributed by atoms with Gasteiger partial charge < -0.3 is 10.0 Å². The number of nitrogens with zero attached hydrogens (tertiary/aromatic N) is 3. The minimum atomic E-state index is -0.992. The molecule has 0 spiro atoms. The molecule has 2 aromatic rings. The van der Waals surface area contributed by atoms with Crippen LogP contribution in [-0.4, -0.2) is 38.2 Å². The van der Waals surface area contributed by atoms with Gasteiger partial charge in [-0.1, -0.05) is 44.4 Å². The lowest BCUT2D eigenvalue weighted by atomic mass is 9.81. The minimum Gasteiger partial charge on any atom is -0.477 e. The van der Waals surface area contributed by atoms with Crippen LogP contribution in [0.1, 0.15) is 86.7 Å². The maximum absolute atomic E-state index is 14.0. The van der Waals surface area contributed by atoms with Gasteiger partial charge in [0.25, 0.3) is 0 Å². The molecule has 1 amide bonds. The van der Waals surface area contributed by atoms with Crippen LogP contribution >= 0.6 is 23.1 Å². The van der Waals surface area contributed by atoms with Crippen LogP contribution in [0.25, 0.3) is 0 Å². The van der Waals surface area contributed by atoms with Gasteiger partial charge in [0.15, 0.2) is 5.16 Å². The van der Waals surface area contributed by atoms with Crippen molar-refractivity contribution in [1.82, 2.24) is 9.97 Å². The molecule has 1 N–H and O–H groups in total. The van der Waals surface area contributed by atoms with E-state index >= 15 is 0 Å². The lowest BCUT2D eigenvalue weighted by molar-refractivity contribution is -0.124. The normalized spacial score (nSPS) is 24.1. The summed E-state index contributed by atoms with van der Waals surface area (Å²) < 4.78 is 0. The standard InChI is InChI=1S/C28H35N3O3S2/c1-18(2)5-12-23-17-24(25(35-23)27(33)34)31(26(32)20-8-6-19(3)7-9-20)21-10-13-22(14-11-21)36-28-29-15-4-16-30-28/h4,15-22H,6-11,13-14H2,1-3H3,(H,33,34). The highest BCUT2D eigenvalue weighted by Crippen LogP contribution is 2.40. The number of carbonyl (C=O) groups is 2. The minimum absolute atomic E-state index is 0.0102. The third-order valence-corrected chi connectivity index (χ3v) is 9.33. The van der Waals surface area contributed by atoms with Crippen molar-refractivity contribution < 1.29 is 14.7 Å². The number of rotatable bonds is 6. The third kappa shape index (κ3) is 6.68. The average Bonchev–Trinajstić information content (AvgIpc) is 3.29. The number of aromatic nitrogens is 2. The van der Waals surface area contributed by atoms with Crippen molar-refractivity contribution in [1.29, 1.82) is 0 Å². The number of hydrogen-bond donors (Lipinski definition) is 1. The number of carboxylic acid groups (broad SMARTS) is 1. The van der Waals surface area contributed by atoms with Gasteiger partial charge in [0, 0.05) is 35.5 Å². The molecule has 2 aliphatic carbocycles. The molecule has 8 heteroatoms. The van der Waals surface area contributed by atoms with E-state index in [-0.39, 0.29) is 28.7 Å². The number of aromatic carboxylic acids is 1. The maximum atomic E-state index is 14.0. The Kier molecular flexibility index (Phi) is 9.08. The first-order chi connectivity index (χ1) is 17.3. The molecule has 0 aromatic carbocycles. The van der Waals surface area contributed by atoms with Crippen LogP contribution in [0.5, 0.6) is 0 Å². The van der Waals surface area contributed by atoms with E-state index in [2.05, 4.69) is 28.7 Å². The van der Waals surface area contributed by atoms with Crippen LogP contribution < -0.4 is 4.90 Å². The van der Waals surface area contributed by atoms with Gasteiger partial charge in [0.2, 0.25) is 5.91 Å². The van der Waals surface area contributed by atoms with Gasteiger partial charge in [-0.2, -0.15) is 0 Å². The lowest BCUT2D eigenvalue weighted by Crippen LogP contribution is -2.46. The molecule has 2 fully saturated rings. The summed E-state index contributed by atoms with van der Waals surface area (Å²) >= 11 is 2.88. The molecular weight excluding hydrogens is 490 g/mol.